The minimum atomic E-state index is -0.526. The van der Waals surface area contributed by atoms with Crippen molar-refractivity contribution in [2.24, 2.45) is 4.99 Å². The third-order valence-corrected chi connectivity index (χ3v) is 3.45. The van der Waals surface area contributed by atoms with Gasteiger partial charge in [0.2, 0.25) is 6.08 Å². The van der Waals surface area contributed by atoms with E-state index in [4.69, 9.17) is 0 Å². The van der Waals surface area contributed by atoms with Gasteiger partial charge < -0.3 is 0 Å². The van der Waals surface area contributed by atoms with E-state index in [0.29, 0.717) is 25.7 Å². The van der Waals surface area contributed by atoms with Gasteiger partial charge in [-0.25, -0.2) is 4.79 Å². The number of benzene rings is 1. The zero-order chi connectivity index (χ0) is 12.3. The van der Waals surface area contributed by atoms with Gasteiger partial charge in [0.15, 0.2) is 0 Å². The summed E-state index contributed by atoms with van der Waals surface area (Å²) >= 11 is 0. The predicted octanol–water partition coefficient (Wildman–Crippen LogP) is 2.67. The van der Waals surface area contributed by atoms with E-state index in [1.54, 1.807) is 6.08 Å². The molecule has 17 heavy (non-hydrogen) atoms. The Labute approximate surface area is 101 Å². The van der Waals surface area contributed by atoms with Gasteiger partial charge in [0.05, 0.1) is 5.54 Å². The maximum absolute atomic E-state index is 11.3. The average Bonchev–Trinajstić information content (AvgIpc) is 2.33. The van der Waals surface area contributed by atoms with E-state index >= 15 is 0 Å². The van der Waals surface area contributed by atoms with Crippen LogP contribution in [0.4, 0.5) is 0 Å². The maximum Gasteiger partial charge on any atom is 0.235 e. The van der Waals surface area contributed by atoms with Crippen molar-refractivity contribution in [1.82, 2.24) is 0 Å². The topological polar surface area (TPSA) is 46.5 Å². The summed E-state index contributed by atoms with van der Waals surface area (Å²) in [6.45, 7) is 2.01. The summed E-state index contributed by atoms with van der Waals surface area (Å²) in [6, 6.07) is 7.99. The van der Waals surface area contributed by atoms with Gasteiger partial charge in [-0.05, 0) is 25.3 Å². The molecule has 0 unspecified atom stereocenters. The summed E-state index contributed by atoms with van der Waals surface area (Å²) < 4.78 is 0. The van der Waals surface area contributed by atoms with Crippen LogP contribution in [0.25, 0.3) is 0 Å². The van der Waals surface area contributed by atoms with Gasteiger partial charge >= 0.3 is 0 Å². The third kappa shape index (κ3) is 2.34. The van der Waals surface area contributed by atoms with Crippen LogP contribution in [-0.4, -0.2) is 11.9 Å². The highest BCUT2D eigenvalue weighted by Crippen LogP contribution is 2.39. The van der Waals surface area contributed by atoms with Gasteiger partial charge in [-0.2, -0.15) is 4.99 Å². The zero-order valence-electron chi connectivity index (χ0n) is 9.90. The number of nitrogens with zero attached hydrogens (tertiary/aromatic N) is 1. The molecule has 0 bridgehead atoms. The first-order valence-corrected chi connectivity index (χ1v) is 5.84. The van der Waals surface area contributed by atoms with E-state index in [-0.39, 0.29) is 5.78 Å². The smallest absolute Gasteiger partial charge is 0.235 e. The van der Waals surface area contributed by atoms with Crippen LogP contribution in [0.2, 0.25) is 0 Å². The summed E-state index contributed by atoms with van der Waals surface area (Å²) in [4.78, 5) is 26.0. The summed E-state index contributed by atoms with van der Waals surface area (Å²) in [5, 5.41) is 0. The van der Waals surface area contributed by atoms with E-state index in [1.807, 2.05) is 31.2 Å². The van der Waals surface area contributed by atoms with Gasteiger partial charge in [0, 0.05) is 12.8 Å². The molecule has 1 aliphatic carbocycles. The SMILES string of the molecule is Cc1cccc(C2(N=C=O)CCC(=O)CC2)c1. The molecule has 1 aromatic rings. The number of hydrogen-bond donors (Lipinski definition) is 0. The number of carbonyl (C=O) groups is 1. The summed E-state index contributed by atoms with van der Waals surface area (Å²) in [5.74, 6) is 0.259. The van der Waals surface area contributed by atoms with Gasteiger partial charge in [0.25, 0.3) is 0 Å². The number of aryl methyl sites for hydroxylation is 1. The van der Waals surface area contributed by atoms with E-state index in [1.165, 1.54) is 0 Å². The normalized spacial score (nSPS) is 18.5. The van der Waals surface area contributed by atoms with E-state index in [9.17, 15) is 9.59 Å². The molecule has 0 saturated heterocycles. The fourth-order valence-electron chi connectivity index (χ4n) is 2.43. The molecule has 0 aliphatic heterocycles. The Balaban J connectivity index is 2.41. The fourth-order valence-corrected chi connectivity index (χ4v) is 2.43. The Kier molecular flexibility index (Phi) is 3.21. The lowest BCUT2D eigenvalue weighted by molar-refractivity contribution is -0.121. The molecule has 0 N–H and O–H groups in total. The first kappa shape index (κ1) is 11.7. The summed E-state index contributed by atoms with van der Waals surface area (Å²) in [5.41, 5.74) is 1.63. The van der Waals surface area contributed by atoms with Crippen molar-refractivity contribution >= 4 is 11.9 Å². The number of aliphatic imine (C=N–C) groups is 1. The Hall–Kier alpha value is -1.73. The van der Waals surface area contributed by atoms with Crippen molar-refractivity contribution in [3.63, 3.8) is 0 Å². The van der Waals surface area contributed by atoms with Crippen LogP contribution >= 0.6 is 0 Å². The second kappa shape index (κ2) is 4.64. The minimum absolute atomic E-state index is 0.259. The molecule has 2 rings (SSSR count). The molecule has 1 aromatic carbocycles. The molecule has 3 heteroatoms. The van der Waals surface area contributed by atoms with Crippen LogP contribution in [0.5, 0.6) is 0 Å². The van der Waals surface area contributed by atoms with E-state index < -0.39 is 5.54 Å². The van der Waals surface area contributed by atoms with Crippen LogP contribution in [-0.2, 0) is 15.1 Å². The lowest BCUT2D eigenvalue weighted by Gasteiger charge is -2.32. The van der Waals surface area contributed by atoms with Crippen LogP contribution in [0.15, 0.2) is 29.3 Å². The standard InChI is InChI=1S/C14H15NO2/c1-11-3-2-4-12(9-11)14(15-10-16)7-5-13(17)6-8-14/h2-4,9H,5-8H2,1H3. The molecule has 0 aromatic heterocycles. The fraction of sp³-hybridized carbons (Fsp3) is 0.429. The Bertz CT molecular complexity index is 477. The Morgan fingerprint density at radius 3 is 2.59 bits per heavy atom. The number of hydrogen-bond acceptors (Lipinski definition) is 3. The zero-order valence-corrected chi connectivity index (χ0v) is 9.90. The van der Waals surface area contributed by atoms with Gasteiger partial charge in [-0.1, -0.05) is 29.8 Å². The molecule has 0 spiro atoms. The Morgan fingerprint density at radius 2 is 2.00 bits per heavy atom. The van der Waals surface area contributed by atoms with Crippen molar-refractivity contribution in [1.29, 1.82) is 0 Å². The molecule has 1 aliphatic rings. The quantitative estimate of drug-likeness (QED) is 0.578. The molecule has 0 radical (unpaired) electrons. The van der Waals surface area contributed by atoms with Gasteiger partial charge in [-0.15, -0.1) is 0 Å². The third-order valence-electron chi connectivity index (χ3n) is 3.45. The first-order chi connectivity index (χ1) is 8.16. The number of rotatable bonds is 2. The van der Waals surface area contributed by atoms with Gasteiger partial charge in [0.1, 0.15) is 5.78 Å². The predicted molar refractivity (Wildman–Crippen MR) is 64.5 cm³/mol. The van der Waals surface area contributed by atoms with Crippen LogP contribution < -0.4 is 0 Å². The summed E-state index contributed by atoms with van der Waals surface area (Å²) in [6.07, 6.45) is 3.90. The van der Waals surface area contributed by atoms with Crippen molar-refractivity contribution in [2.75, 3.05) is 0 Å². The highest BCUT2D eigenvalue weighted by molar-refractivity contribution is 5.79. The maximum atomic E-state index is 11.3. The molecule has 0 atom stereocenters. The monoisotopic (exact) mass is 229 g/mol. The second-order valence-electron chi connectivity index (χ2n) is 4.64. The van der Waals surface area contributed by atoms with Crippen molar-refractivity contribution in [3.05, 3.63) is 35.4 Å². The molecule has 0 heterocycles. The van der Waals surface area contributed by atoms with Gasteiger partial charge in [-0.3, -0.25) is 4.79 Å². The lowest BCUT2D eigenvalue weighted by atomic mass is 9.76. The molecular weight excluding hydrogens is 214 g/mol. The number of ketones is 1. The minimum Gasteiger partial charge on any atom is -0.300 e. The first-order valence-electron chi connectivity index (χ1n) is 5.84. The second-order valence-corrected chi connectivity index (χ2v) is 4.64. The molecule has 88 valence electrons. The van der Waals surface area contributed by atoms with Crippen molar-refractivity contribution in [2.45, 2.75) is 38.1 Å². The Morgan fingerprint density at radius 1 is 1.29 bits per heavy atom. The largest absolute Gasteiger partial charge is 0.300 e. The number of isocyanates is 1. The number of Topliss-reactive ketones (excluding diaryl/α,β-unsaturated/α-hetero) is 1. The molecule has 0 amide bonds. The molecule has 1 fully saturated rings. The van der Waals surface area contributed by atoms with Crippen LogP contribution in [0.3, 0.4) is 0 Å². The van der Waals surface area contributed by atoms with Crippen LogP contribution in [0, 0.1) is 6.92 Å². The highest BCUT2D eigenvalue weighted by Gasteiger charge is 2.36. The van der Waals surface area contributed by atoms with Crippen molar-refractivity contribution < 1.29 is 9.59 Å². The van der Waals surface area contributed by atoms with Crippen LogP contribution in [0.1, 0.15) is 36.8 Å². The lowest BCUT2D eigenvalue weighted by Crippen LogP contribution is -2.30. The van der Waals surface area contributed by atoms with Crippen molar-refractivity contribution in [3.8, 4) is 0 Å². The summed E-state index contributed by atoms with van der Waals surface area (Å²) in [7, 11) is 0. The average molecular weight is 229 g/mol. The molecule has 1 saturated carbocycles. The van der Waals surface area contributed by atoms with E-state index in [0.717, 1.165) is 11.1 Å². The molecular formula is C14H15NO2. The highest BCUT2D eigenvalue weighted by atomic mass is 16.1. The van der Waals surface area contributed by atoms with E-state index in [2.05, 4.69) is 4.99 Å². The molecule has 3 nitrogen and oxygen atoms in total. The number of carbonyl (C=O) groups excluding carboxylic acids is 2.